The lowest BCUT2D eigenvalue weighted by Crippen LogP contribution is -2.47. The van der Waals surface area contributed by atoms with Crippen molar-refractivity contribution in [2.75, 3.05) is 18.5 Å². The standard InChI is InChI=1S/C23H38N4O5Si/c1-9-10-30-19-16(32-33(7,8)23(4,5)6)12-31-22(19)27-13-24-18-15(27)11-17(26-21(18)29)25-20(28)14(2)3/h11,13-14,16,19,22H,9-10,12H2,1-8H3,(H2,25,26,28,29)/t16?,19-,22+/m0/s1. The first-order chi connectivity index (χ1) is 15.4. The number of anilines is 1. The Morgan fingerprint density at radius 1 is 1.39 bits per heavy atom. The Kier molecular flexibility index (Phi) is 7.52. The van der Waals surface area contributed by atoms with Crippen molar-refractivity contribution >= 4 is 31.1 Å². The van der Waals surface area contributed by atoms with Crippen molar-refractivity contribution in [3.8, 4) is 0 Å². The number of nitrogens with one attached hydrogen (secondary N) is 2. The zero-order valence-electron chi connectivity index (χ0n) is 21.0. The van der Waals surface area contributed by atoms with Gasteiger partial charge >= 0.3 is 0 Å². The average molecular weight is 479 g/mol. The fourth-order valence-electron chi connectivity index (χ4n) is 3.50. The van der Waals surface area contributed by atoms with Crippen LogP contribution >= 0.6 is 0 Å². The first kappa shape index (κ1) is 25.6. The topological polar surface area (TPSA) is 107 Å². The number of amides is 1. The molecule has 1 saturated heterocycles. The number of ether oxygens (including phenoxy) is 2. The van der Waals surface area contributed by atoms with Crippen LogP contribution in [0.3, 0.4) is 0 Å². The smallest absolute Gasteiger partial charge is 0.277 e. The summed E-state index contributed by atoms with van der Waals surface area (Å²) in [5.41, 5.74) is 0.480. The number of nitrogens with zero attached hydrogens (tertiary/aromatic N) is 2. The maximum absolute atomic E-state index is 12.6. The minimum atomic E-state index is -2.05. The summed E-state index contributed by atoms with van der Waals surface area (Å²) in [5.74, 6) is -0.0708. The van der Waals surface area contributed by atoms with Gasteiger partial charge < -0.3 is 28.8 Å². The lowest BCUT2D eigenvalue weighted by Gasteiger charge is -2.39. The van der Waals surface area contributed by atoms with Gasteiger partial charge in [-0.05, 0) is 24.6 Å². The highest BCUT2D eigenvalue weighted by atomic mass is 28.4. The van der Waals surface area contributed by atoms with E-state index in [1.54, 1.807) is 26.2 Å². The van der Waals surface area contributed by atoms with Gasteiger partial charge in [-0.25, -0.2) is 4.98 Å². The van der Waals surface area contributed by atoms with Crippen LogP contribution in [0.1, 0.15) is 54.2 Å². The van der Waals surface area contributed by atoms with Gasteiger partial charge in [-0.1, -0.05) is 41.5 Å². The van der Waals surface area contributed by atoms with E-state index in [9.17, 15) is 9.59 Å². The molecule has 1 fully saturated rings. The molecule has 0 bridgehead atoms. The third-order valence-corrected chi connectivity index (χ3v) is 11.0. The Morgan fingerprint density at radius 3 is 2.70 bits per heavy atom. The first-order valence-electron chi connectivity index (χ1n) is 11.7. The summed E-state index contributed by atoms with van der Waals surface area (Å²) >= 11 is 0. The number of pyridine rings is 1. The molecule has 0 saturated carbocycles. The third-order valence-electron chi connectivity index (χ3n) is 6.48. The van der Waals surface area contributed by atoms with Crippen molar-refractivity contribution in [3.05, 3.63) is 22.7 Å². The minimum Gasteiger partial charge on any atom is -0.409 e. The van der Waals surface area contributed by atoms with E-state index in [0.717, 1.165) is 6.42 Å². The van der Waals surface area contributed by atoms with E-state index in [2.05, 4.69) is 56.1 Å². The molecule has 3 rings (SSSR count). The highest BCUT2D eigenvalue weighted by Gasteiger charge is 2.47. The monoisotopic (exact) mass is 478 g/mol. The summed E-state index contributed by atoms with van der Waals surface area (Å²) in [6.07, 6.45) is 1.40. The summed E-state index contributed by atoms with van der Waals surface area (Å²) in [6, 6.07) is 1.71. The number of H-pyrrole nitrogens is 1. The molecule has 0 aromatic carbocycles. The zero-order chi connectivity index (χ0) is 24.6. The number of carbonyl (C=O) groups is 1. The summed E-state index contributed by atoms with van der Waals surface area (Å²) < 4.78 is 20.9. The van der Waals surface area contributed by atoms with Crippen molar-refractivity contribution in [1.82, 2.24) is 14.5 Å². The predicted octanol–water partition coefficient (Wildman–Crippen LogP) is 4.03. The molecule has 0 aliphatic carbocycles. The number of fused-ring (bicyclic) bond motifs is 1. The van der Waals surface area contributed by atoms with Crippen LogP contribution in [-0.4, -0.2) is 54.2 Å². The SMILES string of the molecule is CCCO[C@H]1C(O[Si](C)(C)C(C)(C)C)CO[C@H]1n1cnc2c(=O)[nH]c(NC(=O)C(C)C)cc21. The van der Waals surface area contributed by atoms with E-state index >= 15 is 0 Å². The van der Waals surface area contributed by atoms with Crippen molar-refractivity contribution in [3.63, 3.8) is 0 Å². The Hall–Kier alpha value is -2.01. The summed E-state index contributed by atoms with van der Waals surface area (Å²) in [4.78, 5) is 31.8. The molecule has 184 valence electrons. The second kappa shape index (κ2) is 9.69. The van der Waals surface area contributed by atoms with Crippen LogP contribution in [0.25, 0.3) is 11.0 Å². The minimum absolute atomic E-state index is 0.0545. The molecule has 0 radical (unpaired) electrons. The summed E-state index contributed by atoms with van der Waals surface area (Å²) in [5, 5.41) is 2.81. The van der Waals surface area contributed by atoms with E-state index in [-0.39, 0.29) is 40.1 Å². The molecule has 3 atom stereocenters. The molecule has 1 amide bonds. The largest absolute Gasteiger partial charge is 0.409 e. The Labute approximate surface area is 196 Å². The second-order valence-corrected chi connectivity index (χ2v) is 15.3. The van der Waals surface area contributed by atoms with E-state index in [1.165, 1.54) is 0 Å². The van der Waals surface area contributed by atoms with Gasteiger partial charge in [-0.2, -0.15) is 0 Å². The van der Waals surface area contributed by atoms with Gasteiger partial charge in [0.1, 0.15) is 11.9 Å². The fourth-order valence-corrected chi connectivity index (χ4v) is 4.81. The lowest BCUT2D eigenvalue weighted by molar-refractivity contribution is -0.118. The van der Waals surface area contributed by atoms with Crippen LogP contribution < -0.4 is 10.9 Å². The van der Waals surface area contributed by atoms with Crippen LogP contribution in [0, 0.1) is 5.92 Å². The maximum Gasteiger partial charge on any atom is 0.277 e. The quantitative estimate of drug-likeness (QED) is 0.555. The van der Waals surface area contributed by atoms with Gasteiger partial charge in [0.15, 0.2) is 20.1 Å². The number of rotatable bonds is 8. The first-order valence-corrected chi connectivity index (χ1v) is 14.6. The zero-order valence-corrected chi connectivity index (χ0v) is 22.0. The van der Waals surface area contributed by atoms with E-state index in [1.807, 2.05) is 4.57 Å². The molecule has 9 nitrogen and oxygen atoms in total. The van der Waals surface area contributed by atoms with Crippen LogP contribution in [0.15, 0.2) is 17.2 Å². The number of hydrogen-bond donors (Lipinski definition) is 2. The average Bonchev–Trinajstić information content (AvgIpc) is 3.29. The molecule has 1 aliphatic rings. The van der Waals surface area contributed by atoms with Gasteiger partial charge in [-0.3, -0.25) is 9.59 Å². The molecule has 2 aromatic rings. The van der Waals surface area contributed by atoms with E-state index in [4.69, 9.17) is 13.9 Å². The van der Waals surface area contributed by atoms with Gasteiger partial charge in [0, 0.05) is 18.6 Å². The Balaban J connectivity index is 1.96. The second-order valence-electron chi connectivity index (χ2n) is 10.5. The highest BCUT2D eigenvalue weighted by Crippen LogP contribution is 2.40. The lowest BCUT2D eigenvalue weighted by atomic mass is 10.2. The van der Waals surface area contributed by atoms with Crippen LogP contribution in [-0.2, 0) is 18.7 Å². The van der Waals surface area contributed by atoms with Gasteiger partial charge in [-0.15, -0.1) is 0 Å². The van der Waals surface area contributed by atoms with Crippen molar-refractivity contribution in [2.24, 2.45) is 5.92 Å². The van der Waals surface area contributed by atoms with Crippen LogP contribution in [0.2, 0.25) is 18.1 Å². The van der Waals surface area contributed by atoms with Gasteiger partial charge in [0.2, 0.25) is 5.91 Å². The number of aromatic amines is 1. The molecule has 10 heteroatoms. The molecule has 1 aliphatic heterocycles. The normalized spacial score (nSPS) is 21.8. The van der Waals surface area contributed by atoms with Gasteiger partial charge in [0.05, 0.1) is 24.6 Å². The number of aromatic nitrogens is 3. The van der Waals surface area contributed by atoms with Crippen LogP contribution in [0.5, 0.6) is 0 Å². The summed E-state index contributed by atoms with van der Waals surface area (Å²) in [6.45, 7) is 17.7. The molecule has 0 spiro atoms. The highest BCUT2D eigenvalue weighted by molar-refractivity contribution is 6.74. The molecular weight excluding hydrogens is 440 g/mol. The van der Waals surface area contributed by atoms with Crippen LogP contribution in [0.4, 0.5) is 5.82 Å². The Morgan fingerprint density at radius 2 is 2.09 bits per heavy atom. The van der Waals surface area contributed by atoms with E-state index < -0.39 is 14.5 Å². The van der Waals surface area contributed by atoms with Crippen molar-refractivity contribution in [1.29, 1.82) is 0 Å². The molecular formula is C23H38N4O5Si. The molecule has 2 aromatic heterocycles. The third kappa shape index (κ3) is 5.39. The van der Waals surface area contributed by atoms with E-state index in [0.29, 0.717) is 24.5 Å². The maximum atomic E-state index is 12.6. The molecule has 33 heavy (non-hydrogen) atoms. The number of imidazole rings is 1. The van der Waals surface area contributed by atoms with Crippen molar-refractivity contribution in [2.45, 2.75) is 84.5 Å². The number of hydrogen-bond acceptors (Lipinski definition) is 6. The van der Waals surface area contributed by atoms with Gasteiger partial charge in [0.25, 0.3) is 5.56 Å². The molecule has 2 N–H and O–H groups in total. The summed E-state index contributed by atoms with van der Waals surface area (Å²) in [7, 11) is -2.05. The Bertz CT molecular complexity index is 1040. The number of carbonyl (C=O) groups excluding carboxylic acids is 1. The molecule has 3 heterocycles. The molecule has 1 unspecified atom stereocenters. The predicted molar refractivity (Wildman–Crippen MR) is 131 cm³/mol. The van der Waals surface area contributed by atoms with Crippen molar-refractivity contribution < 1.29 is 18.7 Å². The fraction of sp³-hybridized carbons (Fsp3) is 0.696.